The predicted octanol–water partition coefficient (Wildman–Crippen LogP) is 0.595. The molecule has 0 fully saturated rings. The normalized spacial score (nSPS) is 12.7. The molecule has 0 saturated heterocycles. The molecule has 0 saturated carbocycles. The molecule has 0 spiro atoms. The van der Waals surface area contributed by atoms with Gasteiger partial charge in [0, 0.05) is 30.8 Å². The monoisotopic (exact) mass is 441 g/mol. The Morgan fingerprint density at radius 3 is 2.38 bits per heavy atom. The Labute approximate surface area is 214 Å². The van der Waals surface area contributed by atoms with Crippen LogP contribution in [0.2, 0.25) is 0 Å². The average molecular weight is 441 g/mol. The number of fused-ring (bicyclic) bond motifs is 1. The van der Waals surface area contributed by atoms with E-state index in [-0.39, 0.29) is 68.6 Å². The first-order valence-electron chi connectivity index (χ1n) is 8.37. The Kier molecular flexibility index (Phi) is 10.8. The van der Waals surface area contributed by atoms with Crippen LogP contribution in [0, 0.1) is 5.82 Å². The summed E-state index contributed by atoms with van der Waals surface area (Å²) in [6, 6.07) is 6.22. The maximum absolute atomic E-state index is 13.1. The first-order valence-corrected chi connectivity index (χ1v) is 9.66. The van der Waals surface area contributed by atoms with Crippen molar-refractivity contribution in [2.24, 2.45) is 10.7 Å². The van der Waals surface area contributed by atoms with Gasteiger partial charge in [0.2, 0.25) is 5.91 Å². The van der Waals surface area contributed by atoms with Gasteiger partial charge < -0.3 is 24.5 Å². The summed E-state index contributed by atoms with van der Waals surface area (Å²) >= 11 is 0. The summed E-state index contributed by atoms with van der Waals surface area (Å²) in [6.45, 7) is 10.2. The number of rotatable bonds is 5. The SMILES string of the molecule is C=Cc1c(N=C)c(O)c2c(c1C(N)=O)CN(Cc1ccc(F)cc1)C2.C[P-]O.[K+]. The number of benzene rings is 2. The quantitative estimate of drug-likeness (QED) is 0.359. The van der Waals surface area contributed by atoms with E-state index in [2.05, 4.69) is 18.3 Å². The summed E-state index contributed by atoms with van der Waals surface area (Å²) in [4.78, 5) is 25.4. The zero-order chi connectivity index (χ0) is 20.8. The minimum Gasteiger partial charge on any atom is -0.571 e. The second-order valence-electron chi connectivity index (χ2n) is 6.14. The molecule has 0 unspecified atom stereocenters. The fourth-order valence-corrected chi connectivity index (χ4v) is 3.29. The molecule has 0 atom stereocenters. The van der Waals surface area contributed by atoms with Crippen molar-refractivity contribution in [2.75, 3.05) is 6.66 Å². The van der Waals surface area contributed by atoms with Gasteiger partial charge in [-0.1, -0.05) is 24.8 Å². The molecule has 3 rings (SSSR count). The third-order valence-electron chi connectivity index (χ3n) is 4.39. The standard InChI is InChI=1S/C19H18FN3O2.CH4OP.K/c1-3-13-16(19(21)25)14-9-23(8-11-4-6-12(20)7-5-11)10-15(14)18(24)17(13)22-2;1-3-2;/h3-7,24H,1-2,8-10H2,(H2,21,25);2H,1H3;/q;-1;+1. The van der Waals surface area contributed by atoms with Crippen LogP contribution in [-0.2, 0) is 19.6 Å². The van der Waals surface area contributed by atoms with Crippen LogP contribution in [0.3, 0.4) is 0 Å². The van der Waals surface area contributed by atoms with Gasteiger partial charge in [0.15, 0.2) is 0 Å². The first kappa shape index (κ1) is 26.1. The number of primary amides is 1. The van der Waals surface area contributed by atoms with Crippen LogP contribution in [0.15, 0.2) is 35.8 Å². The van der Waals surface area contributed by atoms with Gasteiger partial charge in [-0.05, 0) is 30.0 Å². The Morgan fingerprint density at radius 1 is 1.34 bits per heavy atom. The maximum atomic E-state index is 13.1. The molecule has 0 radical (unpaired) electrons. The molecule has 2 aromatic carbocycles. The third-order valence-corrected chi connectivity index (χ3v) is 4.39. The molecule has 9 heteroatoms. The van der Waals surface area contributed by atoms with Crippen molar-refractivity contribution >= 4 is 33.2 Å². The van der Waals surface area contributed by atoms with Crippen molar-refractivity contribution in [1.82, 2.24) is 4.90 Å². The molecular formula is C20H22FKN3O3P. The molecule has 1 heterocycles. The Bertz CT molecular complexity index is 907. The van der Waals surface area contributed by atoms with E-state index < -0.39 is 5.91 Å². The first-order chi connectivity index (χ1) is 13.4. The summed E-state index contributed by atoms with van der Waals surface area (Å²) in [7, 11) is 0.417. The van der Waals surface area contributed by atoms with Gasteiger partial charge in [0.1, 0.15) is 17.3 Å². The number of phenols is 1. The summed E-state index contributed by atoms with van der Waals surface area (Å²) in [6.07, 6.45) is 1.45. The smallest absolute Gasteiger partial charge is 0.571 e. The number of nitrogens with two attached hydrogens (primary N) is 1. The van der Waals surface area contributed by atoms with Crippen LogP contribution in [-0.4, -0.2) is 34.2 Å². The number of halogens is 1. The number of amides is 1. The average Bonchev–Trinajstić information content (AvgIpc) is 3.07. The fraction of sp³-hybridized carbons (Fsp3) is 0.200. The van der Waals surface area contributed by atoms with Crippen molar-refractivity contribution in [2.45, 2.75) is 19.6 Å². The zero-order valence-corrected chi connectivity index (χ0v) is 20.5. The van der Waals surface area contributed by atoms with Crippen LogP contribution >= 0.6 is 8.81 Å². The molecular weight excluding hydrogens is 419 g/mol. The third kappa shape index (κ3) is 6.02. The van der Waals surface area contributed by atoms with Crippen molar-refractivity contribution < 1.29 is 70.6 Å². The molecule has 0 aliphatic carbocycles. The van der Waals surface area contributed by atoms with E-state index in [0.29, 0.717) is 50.7 Å². The summed E-state index contributed by atoms with van der Waals surface area (Å²) in [5, 5.41) is 10.5. The molecule has 29 heavy (non-hydrogen) atoms. The van der Waals surface area contributed by atoms with Gasteiger partial charge in [-0.3, -0.25) is 14.7 Å². The molecule has 148 valence electrons. The fourth-order valence-electron chi connectivity index (χ4n) is 3.29. The van der Waals surface area contributed by atoms with E-state index in [9.17, 15) is 14.3 Å². The minimum atomic E-state index is -0.598. The molecule has 6 nitrogen and oxygen atoms in total. The molecule has 1 aliphatic rings. The van der Waals surface area contributed by atoms with Gasteiger partial charge in [0.25, 0.3) is 0 Å². The van der Waals surface area contributed by atoms with Crippen LogP contribution in [0.25, 0.3) is 6.08 Å². The molecule has 0 bridgehead atoms. The zero-order valence-electron chi connectivity index (χ0n) is 16.5. The Balaban J connectivity index is 0.000000990. The number of aromatic hydroxyl groups is 1. The summed E-state index contributed by atoms with van der Waals surface area (Å²) < 4.78 is 13.1. The largest absolute Gasteiger partial charge is 1.00 e. The molecule has 1 amide bonds. The Hall–Kier alpha value is -0.964. The van der Waals surface area contributed by atoms with Gasteiger partial charge in [-0.25, -0.2) is 4.39 Å². The molecule has 0 aromatic heterocycles. The number of phenolic OH excluding ortho intramolecular Hbond substituents is 1. The number of aliphatic imine (C=N–C) groups is 1. The number of carbonyl (C=O) groups is 1. The number of carbonyl (C=O) groups excluding carboxylic acids is 1. The van der Waals surface area contributed by atoms with Crippen molar-refractivity contribution in [3.05, 3.63) is 64.5 Å². The van der Waals surface area contributed by atoms with E-state index in [0.717, 1.165) is 5.56 Å². The van der Waals surface area contributed by atoms with Crippen molar-refractivity contribution in [1.29, 1.82) is 0 Å². The second kappa shape index (κ2) is 12.0. The van der Waals surface area contributed by atoms with E-state index >= 15 is 0 Å². The van der Waals surface area contributed by atoms with E-state index in [4.69, 9.17) is 10.6 Å². The number of hydrogen-bond donors (Lipinski definition) is 3. The van der Waals surface area contributed by atoms with Crippen LogP contribution in [0.1, 0.15) is 32.6 Å². The number of hydrogen-bond acceptors (Lipinski definition) is 5. The molecule has 4 N–H and O–H groups in total. The topological polar surface area (TPSA) is 99.2 Å². The van der Waals surface area contributed by atoms with Gasteiger partial charge in [-0.15, -0.1) is 0 Å². The maximum Gasteiger partial charge on any atom is 1.00 e. The predicted molar refractivity (Wildman–Crippen MR) is 110 cm³/mol. The summed E-state index contributed by atoms with van der Waals surface area (Å²) in [5.41, 5.74) is 8.70. The van der Waals surface area contributed by atoms with E-state index in [1.165, 1.54) is 18.2 Å². The van der Waals surface area contributed by atoms with Crippen LogP contribution in [0.4, 0.5) is 10.1 Å². The summed E-state index contributed by atoms with van der Waals surface area (Å²) in [5.74, 6) is -0.898. The van der Waals surface area contributed by atoms with Crippen molar-refractivity contribution in [3.8, 4) is 5.75 Å². The van der Waals surface area contributed by atoms with E-state index in [1.807, 2.05) is 4.90 Å². The van der Waals surface area contributed by atoms with Crippen molar-refractivity contribution in [3.63, 3.8) is 0 Å². The van der Waals surface area contributed by atoms with Crippen LogP contribution < -0.4 is 57.1 Å². The molecule has 1 aliphatic heterocycles. The van der Waals surface area contributed by atoms with Gasteiger partial charge in [0.05, 0.1) is 5.56 Å². The van der Waals surface area contributed by atoms with Gasteiger partial charge in [-0.2, -0.15) is 6.66 Å². The Morgan fingerprint density at radius 2 is 1.90 bits per heavy atom. The van der Waals surface area contributed by atoms with E-state index in [1.54, 1.807) is 18.8 Å². The van der Waals surface area contributed by atoms with Gasteiger partial charge >= 0.3 is 51.4 Å². The molecule has 2 aromatic rings. The van der Waals surface area contributed by atoms with Crippen LogP contribution in [0.5, 0.6) is 5.75 Å². The number of nitrogens with zero attached hydrogens (tertiary/aromatic N) is 2. The second-order valence-corrected chi connectivity index (χ2v) is 6.54. The minimum absolute atomic E-state index is 0.